The van der Waals surface area contributed by atoms with E-state index in [0.29, 0.717) is 0 Å². The third-order valence-corrected chi connectivity index (χ3v) is 8.17. The van der Waals surface area contributed by atoms with Gasteiger partial charge >= 0.3 is 15.2 Å². The lowest BCUT2D eigenvalue weighted by molar-refractivity contribution is 0.335. The zero-order valence-corrected chi connectivity index (χ0v) is 11.9. The van der Waals surface area contributed by atoms with E-state index in [1.807, 2.05) is 0 Å². The van der Waals surface area contributed by atoms with Crippen LogP contribution in [-0.2, 0) is 19.2 Å². The van der Waals surface area contributed by atoms with Crippen molar-refractivity contribution >= 4 is 36.6 Å². The summed E-state index contributed by atoms with van der Waals surface area (Å²) in [6.07, 6.45) is 0. The number of thiophene rings is 1. The van der Waals surface area contributed by atoms with Gasteiger partial charge < -0.3 is 19.6 Å². The molecule has 5 N–H and O–H groups in total. The smallest absolute Gasteiger partial charge is 0.323 e. The van der Waals surface area contributed by atoms with E-state index in [4.69, 9.17) is 19.6 Å². The summed E-state index contributed by atoms with van der Waals surface area (Å²) >= 11 is 0.737. The molecule has 0 spiro atoms. The van der Waals surface area contributed by atoms with Crippen LogP contribution in [0, 0.1) is 0 Å². The summed E-state index contributed by atoms with van der Waals surface area (Å²) in [5.41, 5.74) is -2.79. The molecule has 0 unspecified atom stereocenters. The largest absolute Gasteiger partial charge is 0.355 e. The minimum absolute atomic E-state index is 0.311. The van der Waals surface area contributed by atoms with Crippen LogP contribution >= 0.6 is 26.5 Å². The van der Waals surface area contributed by atoms with Crippen molar-refractivity contribution in [3.8, 4) is 0 Å². The molecule has 0 fully saturated rings. The fourth-order valence-electron chi connectivity index (χ4n) is 0.947. The lowest BCUT2D eigenvalue weighted by Gasteiger charge is -2.20. The molecular weight excluding hydrogens is 328 g/mol. The van der Waals surface area contributed by atoms with Gasteiger partial charge in [-0.25, -0.2) is 8.42 Å². The summed E-state index contributed by atoms with van der Waals surface area (Å²) in [5, 5.41) is 1.39. The molecule has 1 aromatic rings. The van der Waals surface area contributed by atoms with Crippen LogP contribution in [0.3, 0.4) is 0 Å². The summed E-state index contributed by atoms with van der Waals surface area (Å²) in [6, 6.07) is 2.49. The average Bonchev–Trinajstić information content (AvgIpc) is 2.63. The molecule has 1 heterocycles. The first kappa shape index (κ1) is 16.0. The Morgan fingerprint density at radius 3 is 2.00 bits per heavy atom. The predicted molar refractivity (Wildman–Crippen MR) is 62.5 cm³/mol. The quantitative estimate of drug-likeness (QED) is 0.456. The number of hydrogen-bond acceptors (Lipinski definition) is 5. The highest BCUT2D eigenvalue weighted by atomic mass is 32.2. The maximum atomic E-state index is 11.6. The molecule has 104 valence electrons. The number of nitrogens with one attached hydrogen (secondary N) is 1. The van der Waals surface area contributed by atoms with Gasteiger partial charge in [0.05, 0.1) is 0 Å². The molecule has 13 heteroatoms. The molecule has 0 bridgehead atoms. The summed E-state index contributed by atoms with van der Waals surface area (Å²) < 4.78 is 46.0. The number of hydrogen-bond donors (Lipinski definition) is 5. The standard InChI is InChI=1S/C5H9NO8P2S2/c7-15(8,9)5(16(10,11)12)6-18(13,14)4-2-1-3-17-4/h1-3,5-6H,(H2,7,8,9)(H2,10,11,12). The SMILES string of the molecule is O=P(O)(O)C(NS(=O)(=O)c1cccs1)P(=O)(O)O. The Morgan fingerprint density at radius 1 is 1.17 bits per heavy atom. The second-order valence-corrected chi connectivity index (χ2v) is 9.79. The lowest BCUT2D eigenvalue weighted by Crippen LogP contribution is -2.34. The Hall–Kier alpha value is -0.0900. The van der Waals surface area contributed by atoms with Gasteiger partial charge in [0.2, 0.25) is 5.52 Å². The Bertz CT molecular complexity index is 575. The molecule has 0 aromatic carbocycles. The zero-order valence-electron chi connectivity index (χ0n) is 8.44. The van der Waals surface area contributed by atoms with Crippen LogP contribution in [-0.4, -0.2) is 33.5 Å². The van der Waals surface area contributed by atoms with E-state index in [2.05, 4.69) is 0 Å². The molecule has 0 aliphatic carbocycles. The van der Waals surface area contributed by atoms with Crippen molar-refractivity contribution in [1.82, 2.24) is 4.72 Å². The Labute approximate surface area is 106 Å². The van der Waals surface area contributed by atoms with E-state index in [-0.39, 0.29) is 4.21 Å². The van der Waals surface area contributed by atoms with Crippen LogP contribution in [0.2, 0.25) is 0 Å². The van der Waals surface area contributed by atoms with E-state index in [1.165, 1.54) is 16.2 Å². The fraction of sp³-hybridized carbons (Fsp3) is 0.200. The summed E-state index contributed by atoms with van der Waals surface area (Å²) in [5.74, 6) is 0. The van der Waals surface area contributed by atoms with Crippen LogP contribution in [0.25, 0.3) is 0 Å². The molecule has 0 amide bonds. The highest BCUT2D eigenvalue weighted by Gasteiger charge is 2.46. The summed E-state index contributed by atoms with van der Waals surface area (Å²) in [6.45, 7) is 0. The van der Waals surface area contributed by atoms with Crippen molar-refractivity contribution in [2.75, 3.05) is 0 Å². The molecule has 0 aliphatic heterocycles. The molecule has 18 heavy (non-hydrogen) atoms. The van der Waals surface area contributed by atoms with Crippen molar-refractivity contribution in [1.29, 1.82) is 0 Å². The topological polar surface area (TPSA) is 161 Å². The minimum Gasteiger partial charge on any atom is -0.323 e. The van der Waals surface area contributed by atoms with Crippen molar-refractivity contribution in [3.05, 3.63) is 17.5 Å². The maximum absolute atomic E-state index is 11.6. The second kappa shape index (κ2) is 5.12. The van der Waals surface area contributed by atoms with Crippen LogP contribution in [0.4, 0.5) is 0 Å². The number of rotatable bonds is 5. The second-order valence-electron chi connectivity index (χ2n) is 3.11. The van der Waals surface area contributed by atoms with Crippen LogP contribution < -0.4 is 4.72 Å². The van der Waals surface area contributed by atoms with Gasteiger partial charge in [-0.3, -0.25) is 9.13 Å². The summed E-state index contributed by atoms with van der Waals surface area (Å²) in [4.78, 5) is 35.1. The predicted octanol–water partition coefficient (Wildman–Crippen LogP) is -0.335. The molecule has 1 rings (SSSR count). The minimum atomic E-state index is -5.34. The van der Waals surface area contributed by atoms with Gasteiger partial charge in [-0.15, -0.1) is 11.3 Å². The lowest BCUT2D eigenvalue weighted by atomic mass is 10.7. The normalized spacial score (nSPS) is 14.1. The zero-order chi connectivity index (χ0) is 14.2. The molecule has 0 aliphatic rings. The first-order valence-corrected chi connectivity index (χ1v) is 9.83. The van der Waals surface area contributed by atoms with Gasteiger partial charge in [0, 0.05) is 0 Å². The fourth-order valence-corrected chi connectivity index (χ4v) is 6.36. The van der Waals surface area contributed by atoms with E-state index in [0.717, 1.165) is 17.4 Å². The van der Waals surface area contributed by atoms with Crippen molar-refractivity contribution in [3.63, 3.8) is 0 Å². The molecule has 0 saturated carbocycles. The Balaban J connectivity index is 3.15. The molecule has 1 aromatic heterocycles. The molecule has 9 nitrogen and oxygen atoms in total. The molecule has 0 atom stereocenters. The van der Waals surface area contributed by atoms with Crippen LogP contribution in [0.1, 0.15) is 0 Å². The van der Waals surface area contributed by atoms with E-state index in [1.54, 1.807) is 0 Å². The Kier molecular flexibility index (Phi) is 4.54. The van der Waals surface area contributed by atoms with Gasteiger partial charge in [0.25, 0.3) is 10.0 Å². The maximum Gasteiger partial charge on any atom is 0.355 e. The first-order valence-electron chi connectivity index (χ1n) is 4.11. The summed E-state index contributed by atoms with van der Waals surface area (Å²) in [7, 11) is -15.1. The Morgan fingerprint density at radius 2 is 1.67 bits per heavy atom. The van der Waals surface area contributed by atoms with Gasteiger partial charge in [-0.1, -0.05) is 6.07 Å². The first-order chi connectivity index (χ1) is 7.94. The molecular formula is C5H9NO8P2S2. The van der Waals surface area contributed by atoms with Crippen LogP contribution in [0.5, 0.6) is 0 Å². The molecule has 0 saturated heterocycles. The molecule has 0 radical (unpaired) electrons. The van der Waals surface area contributed by atoms with Gasteiger partial charge in [0.15, 0.2) is 0 Å². The average molecular weight is 337 g/mol. The van der Waals surface area contributed by atoms with Gasteiger partial charge in [-0.2, -0.15) is 4.72 Å². The highest BCUT2D eigenvalue weighted by molar-refractivity contribution is 7.92. The highest BCUT2D eigenvalue weighted by Crippen LogP contribution is 2.58. The van der Waals surface area contributed by atoms with Gasteiger partial charge in [0.1, 0.15) is 4.21 Å². The third-order valence-electron chi connectivity index (χ3n) is 1.66. The van der Waals surface area contributed by atoms with E-state index < -0.39 is 30.7 Å². The van der Waals surface area contributed by atoms with Crippen LogP contribution in [0.15, 0.2) is 21.7 Å². The van der Waals surface area contributed by atoms with E-state index in [9.17, 15) is 17.5 Å². The monoisotopic (exact) mass is 337 g/mol. The van der Waals surface area contributed by atoms with E-state index >= 15 is 0 Å². The van der Waals surface area contributed by atoms with Crippen molar-refractivity contribution in [2.45, 2.75) is 9.73 Å². The van der Waals surface area contributed by atoms with Crippen molar-refractivity contribution < 1.29 is 37.1 Å². The van der Waals surface area contributed by atoms with Gasteiger partial charge in [-0.05, 0) is 11.4 Å². The number of sulfonamides is 1. The van der Waals surface area contributed by atoms with Crippen molar-refractivity contribution in [2.24, 2.45) is 0 Å². The third kappa shape index (κ3) is 3.95.